The van der Waals surface area contributed by atoms with Crippen molar-refractivity contribution in [2.75, 3.05) is 6.54 Å². The van der Waals surface area contributed by atoms with E-state index in [2.05, 4.69) is 10.3 Å². The molecule has 130 valence electrons. The first-order valence-electron chi connectivity index (χ1n) is 8.15. The zero-order valence-corrected chi connectivity index (χ0v) is 15.8. The van der Waals surface area contributed by atoms with Gasteiger partial charge in [-0.05, 0) is 49.4 Å². The van der Waals surface area contributed by atoms with E-state index in [0.29, 0.717) is 11.4 Å². The number of hydrogen-bond donors (Lipinski definition) is 1. The number of thiophene rings is 1. The van der Waals surface area contributed by atoms with E-state index in [9.17, 15) is 4.79 Å². The molecule has 0 saturated heterocycles. The summed E-state index contributed by atoms with van der Waals surface area (Å²) in [6.45, 7) is 4.61. The van der Waals surface area contributed by atoms with Crippen LogP contribution in [0.5, 0.6) is 5.75 Å². The molecule has 0 spiro atoms. The third-order valence-corrected chi connectivity index (χ3v) is 5.49. The molecule has 0 atom stereocenters. The summed E-state index contributed by atoms with van der Waals surface area (Å²) >= 11 is 3.05. The van der Waals surface area contributed by atoms with Crippen LogP contribution in [0, 0.1) is 0 Å². The lowest BCUT2D eigenvalue weighted by molar-refractivity contribution is 0.0958. The van der Waals surface area contributed by atoms with Crippen LogP contribution in [0.2, 0.25) is 0 Å². The van der Waals surface area contributed by atoms with Gasteiger partial charge in [-0.3, -0.25) is 4.79 Å². The van der Waals surface area contributed by atoms with Gasteiger partial charge in [0.15, 0.2) is 0 Å². The summed E-state index contributed by atoms with van der Waals surface area (Å²) in [5, 5.41) is 5.85. The summed E-state index contributed by atoms with van der Waals surface area (Å²) in [6.07, 6.45) is 2.60. The average Bonchev–Trinajstić information content (AvgIpc) is 3.27. The van der Waals surface area contributed by atoms with E-state index < -0.39 is 0 Å². The van der Waals surface area contributed by atoms with Gasteiger partial charge in [-0.2, -0.15) is 0 Å². The first-order valence-corrected chi connectivity index (χ1v) is 9.85. The molecule has 3 aromatic rings. The highest BCUT2D eigenvalue weighted by Gasteiger charge is 2.11. The molecule has 25 heavy (non-hydrogen) atoms. The minimum Gasteiger partial charge on any atom is -0.491 e. The molecule has 6 heteroatoms. The van der Waals surface area contributed by atoms with Gasteiger partial charge < -0.3 is 10.1 Å². The first-order chi connectivity index (χ1) is 12.1. The lowest BCUT2D eigenvalue weighted by Gasteiger charge is -2.10. The van der Waals surface area contributed by atoms with Gasteiger partial charge in [-0.15, -0.1) is 22.7 Å². The molecule has 1 aromatic carbocycles. The van der Waals surface area contributed by atoms with Crippen LogP contribution in [0.3, 0.4) is 0 Å². The zero-order chi connectivity index (χ0) is 17.6. The molecule has 0 saturated carbocycles. The quantitative estimate of drug-likeness (QED) is 0.658. The highest BCUT2D eigenvalue weighted by molar-refractivity contribution is 7.21. The van der Waals surface area contributed by atoms with Gasteiger partial charge in [-0.25, -0.2) is 4.98 Å². The normalized spacial score (nSPS) is 10.8. The summed E-state index contributed by atoms with van der Waals surface area (Å²) in [5.74, 6) is 0.800. The molecule has 0 radical (unpaired) electrons. The van der Waals surface area contributed by atoms with Gasteiger partial charge in [0.2, 0.25) is 0 Å². The van der Waals surface area contributed by atoms with Crippen molar-refractivity contribution in [3.8, 4) is 15.6 Å². The molecular formula is C19H20N2O2S2. The molecule has 0 bridgehead atoms. The highest BCUT2D eigenvalue weighted by Crippen LogP contribution is 2.28. The van der Waals surface area contributed by atoms with Crippen LogP contribution in [0.1, 0.15) is 29.1 Å². The zero-order valence-electron chi connectivity index (χ0n) is 14.2. The molecule has 4 nitrogen and oxygen atoms in total. The van der Waals surface area contributed by atoms with E-state index in [-0.39, 0.29) is 12.0 Å². The molecule has 0 unspecified atom stereocenters. The van der Waals surface area contributed by atoms with Crippen molar-refractivity contribution in [1.29, 1.82) is 0 Å². The molecule has 2 aromatic heterocycles. The fourth-order valence-corrected chi connectivity index (χ4v) is 3.94. The van der Waals surface area contributed by atoms with Crippen molar-refractivity contribution in [2.24, 2.45) is 0 Å². The maximum Gasteiger partial charge on any atom is 0.263 e. The number of thiazole rings is 1. The number of nitrogens with one attached hydrogen (secondary N) is 1. The topological polar surface area (TPSA) is 51.2 Å². The van der Waals surface area contributed by atoms with Crippen LogP contribution in [0.4, 0.5) is 0 Å². The van der Waals surface area contributed by atoms with Gasteiger partial charge in [0, 0.05) is 6.54 Å². The second-order valence-electron chi connectivity index (χ2n) is 5.82. The number of hydrogen-bond acceptors (Lipinski definition) is 5. The monoisotopic (exact) mass is 372 g/mol. The number of rotatable bonds is 7. The lowest BCUT2D eigenvalue weighted by atomic mass is 10.1. The summed E-state index contributed by atoms with van der Waals surface area (Å²) in [5.41, 5.74) is 1.17. The van der Waals surface area contributed by atoms with Crippen LogP contribution < -0.4 is 10.1 Å². The van der Waals surface area contributed by atoms with Gasteiger partial charge >= 0.3 is 0 Å². The Morgan fingerprint density at radius 2 is 2.04 bits per heavy atom. The Kier molecular flexibility index (Phi) is 5.83. The number of aromatic nitrogens is 1. The molecule has 0 aliphatic carbocycles. The Hall–Kier alpha value is -2.18. The second kappa shape index (κ2) is 8.27. The Balaban J connectivity index is 1.49. The van der Waals surface area contributed by atoms with Crippen molar-refractivity contribution >= 4 is 28.6 Å². The Morgan fingerprint density at radius 1 is 1.24 bits per heavy atom. The van der Waals surface area contributed by atoms with Crippen LogP contribution in [0.15, 0.2) is 48.0 Å². The first kappa shape index (κ1) is 17.6. The van der Waals surface area contributed by atoms with Gasteiger partial charge in [0.25, 0.3) is 5.91 Å². The minimum absolute atomic E-state index is 0.0694. The van der Waals surface area contributed by atoms with Crippen molar-refractivity contribution in [2.45, 2.75) is 26.4 Å². The third-order valence-electron chi connectivity index (χ3n) is 3.46. The predicted octanol–water partition coefficient (Wildman–Crippen LogP) is 4.63. The minimum atomic E-state index is -0.0694. The third kappa shape index (κ3) is 4.90. The number of nitrogens with zero attached hydrogens (tertiary/aromatic N) is 1. The largest absolute Gasteiger partial charge is 0.491 e. The maximum atomic E-state index is 12.2. The fourth-order valence-electron chi connectivity index (χ4n) is 2.31. The highest BCUT2D eigenvalue weighted by atomic mass is 32.1. The average molecular weight is 373 g/mol. The fraction of sp³-hybridized carbons (Fsp3) is 0.263. The standard InChI is InChI=1S/C19H20N2O2S2/c1-13(2)23-15-7-5-14(6-8-15)9-10-20-18(22)17-12-21-19(25-17)16-4-3-11-24-16/h3-8,11-13H,9-10H2,1-2H3,(H,20,22). The number of carbonyl (C=O) groups is 1. The molecule has 0 aliphatic rings. The van der Waals surface area contributed by atoms with Crippen LogP contribution in [0.25, 0.3) is 9.88 Å². The van der Waals surface area contributed by atoms with Crippen molar-refractivity contribution in [1.82, 2.24) is 10.3 Å². The molecule has 2 heterocycles. The van der Waals surface area contributed by atoms with Crippen LogP contribution >= 0.6 is 22.7 Å². The summed E-state index contributed by atoms with van der Waals surface area (Å²) in [7, 11) is 0. The van der Waals surface area contributed by atoms with Crippen molar-refractivity contribution < 1.29 is 9.53 Å². The second-order valence-corrected chi connectivity index (χ2v) is 7.80. The summed E-state index contributed by atoms with van der Waals surface area (Å²) < 4.78 is 5.63. The maximum absolute atomic E-state index is 12.2. The van der Waals surface area contributed by atoms with E-state index in [1.165, 1.54) is 16.9 Å². The SMILES string of the molecule is CC(C)Oc1ccc(CCNC(=O)c2cnc(-c3cccs3)s2)cc1. The number of benzene rings is 1. The molecule has 0 fully saturated rings. The Morgan fingerprint density at radius 3 is 2.72 bits per heavy atom. The van der Waals surface area contributed by atoms with Crippen molar-refractivity contribution in [3.63, 3.8) is 0 Å². The smallest absolute Gasteiger partial charge is 0.263 e. The van der Waals surface area contributed by atoms with Gasteiger partial charge in [0.05, 0.1) is 17.2 Å². The van der Waals surface area contributed by atoms with Gasteiger partial charge in [-0.1, -0.05) is 18.2 Å². The van der Waals surface area contributed by atoms with Crippen LogP contribution in [-0.4, -0.2) is 23.5 Å². The predicted molar refractivity (Wildman–Crippen MR) is 104 cm³/mol. The number of ether oxygens (including phenoxy) is 1. The molecule has 0 aliphatic heterocycles. The van der Waals surface area contributed by atoms with E-state index >= 15 is 0 Å². The van der Waals surface area contributed by atoms with Crippen LogP contribution in [-0.2, 0) is 6.42 Å². The van der Waals surface area contributed by atoms with E-state index in [4.69, 9.17) is 4.74 Å². The number of carbonyl (C=O) groups excluding carboxylic acids is 1. The van der Waals surface area contributed by atoms with Gasteiger partial charge in [0.1, 0.15) is 15.6 Å². The summed E-state index contributed by atoms with van der Waals surface area (Å²) in [6, 6.07) is 12.0. The summed E-state index contributed by atoms with van der Waals surface area (Å²) in [4.78, 5) is 18.3. The Labute approximate surface area is 155 Å². The van der Waals surface area contributed by atoms with E-state index in [0.717, 1.165) is 22.1 Å². The van der Waals surface area contributed by atoms with Crippen molar-refractivity contribution in [3.05, 3.63) is 58.4 Å². The molecule has 1 amide bonds. The number of amides is 1. The van der Waals surface area contributed by atoms with E-state index in [1.807, 2.05) is 55.6 Å². The molecule has 1 N–H and O–H groups in total. The Bertz CT molecular complexity index is 808. The molecule has 3 rings (SSSR count). The van der Waals surface area contributed by atoms with E-state index in [1.54, 1.807) is 17.5 Å². The lowest BCUT2D eigenvalue weighted by Crippen LogP contribution is -2.24. The molecular weight excluding hydrogens is 352 g/mol.